The molecule has 2 aromatic carbocycles. The molecule has 0 unspecified atom stereocenters. The first-order valence-corrected chi connectivity index (χ1v) is 16.6. The third-order valence-corrected chi connectivity index (χ3v) is 9.55. The maximum absolute atomic E-state index is 14.4. The fourth-order valence-corrected chi connectivity index (χ4v) is 6.83. The van der Waals surface area contributed by atoms with E-state index in [1.54, 1.807) is 0 Å². The number of hydrogen-bond donors (Lipinski definition) is 2. The van der Waals surface area contributed by atoms with Crippen LogP contribution in [0.1, 0.15) is 101 Å². The van der Waals surface area contributed by atoms with Gasteiger partial charge in [0.1, 0.15) is 5.66 Å². The summed E-state index contributed by atoms with van der Waals surface area (Å²) in [4.78, 5) is 38.8. The van der Waals surface area contributed by atoms with Gasteiger partial charge < -0.3 is 15.5 Å². The average Bonchev–Trinajstić information content (AvgIpc) is 3.63. The Labute approximate surface area is 268 Å². The molecule has 1 aliphatic carbocycles. The van der Waals surface area contributed by atoms with Gasteiger partial charge in [0.15, 0.2) is 18.3 Å². The number of amidine groups is 2. The number of azo groups is 1. The van der Waals surface area contributed by atoms with E-state index in [4.69, 9.17) is 4.99 Å². The largest absolute Gasteiger partial charge is 0.365 e. The molecular weight excluding hydrogens is 562 g/mol. The normalized spacial score (nSPS) is 22.1. The van der Waals surface area contributed by atoms with Crippen molar-refractivity contribution in [3.8, 4) is 0 Å². The third kappa shape index (κ3) is 7.86. The lowest BCUT2D eigenvalue weighted by Gasteiger charge is -2.47. The Morgan fingerprint density at radius 1 is 1.02 bits per heavy atom. The molecule has 2 aromatic rings. The monoisotopic (exact) mass is 611 g/mol. The molecule has 2 amide bonds. The van der Waals surface area contributed by atoms with Gasteiger partial charge >= 0.3 is 0 Å². The predicted molar refractivity (Wildman–Crippen MR) is 179 cm³/mol. The summed E-state index contributed by atoms with van der Waals surface area (Å²) >= 11 is 0. The topological polar surface area (TPSA) is 111 Å². The number of aliphatic imine (C=N–C) groups is 2. The second kappa shape index (κ2) is 14.0. The van der Waals surface area contributed by atoms with Crippen LogP contribution in [0.25, 0.3) is 0 Å². The van der Waals surface area contributed by atoms with Crippen LogP contribution in [-0.4, -0.2) is 53.8 Å². The molecule has 1 saturated carbocycles. The first-order chi connectivity index (χ1) is 21.6. The first kappa shape index (κ1) is 32.5. The highest BCUT2D eigenvalue weighted by Gasteiger charge is 2.52. The zero-order chi connectivity index (χ0) is 32.0. The Hall–Kier alpha value is -3.88. The SMILES string of the molecule is CC(C)CC[C@H](c1ccc(C(=O)NCC2=NCN=N2)cc1)N1C(=O)C(NCCc2ccccc2)=NC12CCC(C(C)(C)C)CC2. The van der Waals surface area contributed by atoms with E-state index in [-0.39, 0.29) is 29.8 Å². The predicted octanol–water partition coefficient (Wildman–Crippen LogP) is 6.72. The molecule has 240 valence electrons. The fraction of sp³-hybridized carbons (Fsp3) is 0.556. The maximum atomic E-state index is 14.4. The van der Waals surface area contributed by atoms with Crippen LogP contribution in [0.15, 0.2) is 74.8 Å². The molecule has 9 heteroatoms. The molecule has 45 heavy (non-hydrogen) atoms. The number of rotatable bonds is 11. The van der Waals surface area contributed by atoms with Crippen LogP contribution in [0.3, 0.4) is 0 Å². The lowest BCUT2D eigenvalue weighted by molar-refractivity contribution is -0.134. The van der Waals surface area contributed by atoms with E-state index in [1.807, 2.05) is 42.5 Å². The van der Waals surface area contributed by atoms with Gasteiger partial charge in [0, 0.05) is 12.1 Å². The molecule has 0 aromatic heterocycles. The lowest BCUT2D eigenvalue weighted by atomic mass is 9.69. The van der Waals surface area contributed by atoms with Crippen LogP contribution in [0, 0.1) is 17.3 Å². The second-order valence-electron chi connectivity index (χ2n) is 14.2. The van der Waals surface area contributed by atoms with Crippen molar-refractivity contribution in [2.24, 2.45) is 37.5 Å². The van der Waals surface area contributed by atoms with Crippen molar-refractivity contribution in [3.05, 3.63) is 71.3 Å². The third-order valence-electron chi connectivity index (χ3n) is 9.55. The van der Waals surface area contributed by atoms with Gasteiger partial charge in [-0.15, -0.1) is 5.11 Å². The minimum atomic E-state index is -0.567. The lowest BCUT2D eigenvalue weighted by Crippen LogP contribution is -2.52. The fourth-order valence-electron chi connectivity index (χ4n) is 6.83. The number of benzene rings is 2. The van der Waals surface area contributed by atoms with E-state index in [0.717, 1.165) is 50.5 Å². The van der Waals surface area contributed by atoms with Gasteiger partial charge in [-0.1, -0.05) is 77.1 Å². The Balaban J connectivity index is 1.39. The zero-order valence-electron chi connectivity index (χ0n) is 27.6. The van der Waals surface area contributed by atoms with Crippen LogP contribution >= 0.6 is 0 Å². The molecule has 2 aliphatic heterocycles. The molecule has 1 atom stereocenters. The van der Waals surface area contributed by atoms with E-state index in [1.165, 1.54) is 5.56 Å². The van der Waals surface area contributed by atoms with E-state index in [9.17, 15) is 9.59 Å². The van der Waals surface area contributed by atoms with Crippen LogP contribution in [0.5, 0.6) is 0 Å². The van der Waals surface area contributed by atoms with Crippen molar-refractivity contribution in [2.45, 2.75) is 91.3 Å². The standard InChI is InChI=1S/C36H49N7O2/c1-25(2)11-16-30(27-12-14-28(15-13-27)33(44)38-23-31-39-24-40-42-31)43-34(45)32(37-22-19-26-9-7-6-8-10-26)41-36(43)20-17-29(18-21-36)35(3,4)5/h6-10,12-15,25,29-30H,11,16-24H2,1-5H3,(H,37,41)(H,38,44)/t29?,30-,36?/m1/s1. The van der Waals surface area contributed by atoms with Crippen molar-refractivity contribution < 1.29 is 9.59 Å². The minimum absolute atomic E-state index is 0.0145. The zero-order valence-corrected chi connectivity index (χ0v) is 27.6. The number of nitrogens with one attached hydrogen (secondary N) is 2. The van der Waals surface area contributed by atoms with E-state index >= 15 is 0 Å². The molecule has 3 aliphatic rings. The van der Waals surface area contributed by atoms with Gasteiger partial charge in [-0.3, -0.25) is 9.59 Å². The summed E-state index contributed by atoms with van der Waals surface area (Å²) in [7, 11) is 0. The summed E-state index contributed by atoms with van der Waals surface area (Å²) in [5.74, 6) is 1.89. The molecule has 1 spiro atoms. The first-order valence-electron chi connectivity index (χ1n) is 16.6. The molecule has 5 rings (SSSR count). The van der Waals surface area contributed by atoms with Crippen molar-refractivity contribution in [2.75, 3.05) is 19.8 Å². The quantitative estimate of drug-likeness (QED) is 0.294. The summed E-state index contributed by atoms with van der Waals surface area (Å²) in [6, 6.07) is 17.9. The molecule has 0 saturated heterocycles. The number of carbonyl (C=O) groups is 2. The second-order valence-corrected chi connectivity index (χ2v) is 14.2. The summed E-state index contributed by atoms with van der Waals surface area (Å²) < 4.78 is 0. The summed E-state index contributed by atoms with van der Waals surface area (Å²) in [6.45, 7) is 12.6. The number of amides is 2. The highest BCUT2D eigenvalue weighted by atomic mass is 16.2. The van der Waals surface area contributed by atoms with E-state index in [0.29, 0.717) is 42.3 Å². The van der Waals surface area contributed by atoms with Crippen LogP contribution < -0.4 is 10.6 Å². The van der Waals surface area contributed by atoms with E-state index in [2.05, 4.69) is 77.5 Å². The molecule has 2 N–H and O–H groups in total. The maximum Gasteiger partial charge on any atom is 0.291 e. The smallest absolute Gasteiger partial charge is 0.291 e. The Kier molecular flexibility index (Phi) is 10.1. The number of hydrogen-bond acceptors (Lipinski definition) is 7. The molecular formula is C36H49N7O2. The van der Waals surface area contributed by atoms with Gasteiger partial charge in [0.25, 0.3) is 11.8 Å². The van der Waals surface area contributed by atoms with Gasteiger partial charge in [0.05, 0.1) is 12.6 Å². The molecule has 0 bridgehead atoms. The molecule has 9 nitrogen and oxygen atoms in total. The van der Waals surface area contributed by atoms with E-state index < -0.39 is 5.66 Å². The summed E-state index contributed by atoms with van der Waals surface area (Å²) in [5, 5.41) is 14.1. The number of carbonyl (C=O) groups excluding carboxylic acids is 2. The van der Waals surface area contributed by atoms with Crippen molar-refractivity contribution >= 4 is 23.5 Å². The minimum Gasteiger partial charge on any atom is -0.365 e. The average molecular weight is 612 g/mol. The Bertz CT molecular complexity index is 1420. The van der Waals surface area contributed by atoms with Crippen LogP contribution in [0.4, 0.5) is 0 Å². The van der Waals surface area contributed by atoms with Crippen LogP contribution in [0.2, 0.25) is 0 Å². The van der Waals surface area contributed by atoms with Gasteiger partial charge in [-0.2, -0.15) is 5.11 Å². The van der Waals surface area contributed by atoms with Crippen molar-refractivity contribution in [3.63, 3.8) is 0 Å². The molecule has 0 radical (unpaired) electrons. The van der Waals surface area contributed by atoms with Gasteiger partial charge in [-0.05, 0) is 85.5 Å². The Morgan fingerprint density at radius 3 is 2.36 bits per heavy atom. The molecule has 2 heterocycles. The van der Waals surface area contributed by atoms with Gasteiger partial charge in [-0.25, -0.2) is 9.98 Å². The number of nitrogens with zero attached hydrogens (tertiary/aromatic N) is 5. The highest BCUT2D eigenvalue weighted by molar-refractivity contribution is 6.39. The van der Waals surface area contributed by atoms with Gasteiger partial charge in [0.2, 0.25) is 0 Å². The summed E-state index contributed by atoms with van der Waals surface area (Å²) in [6.07, 6.45) is 6.41. The molecule has 1 fully saturated rings. The Morgan fingerprint density at radius 2 is 1.73 bits per heavy atom. The van der Waals surface area contributed by atoms with Crippen molar-refractivity contribution in [1.29, 1.82) is 0 Å². The highest BCUT2D eigenvalue weighted by Crippen LogP contribution is 2.49. The summed E-state index contributed by atoms with van der Waals surface area (Å²) in [5.41, 5.74) is 2.48. The van der Waals surface area contributed by atoms with Crippen molar-refractivity contribution in [1.82, 2.24) is 15.5 Å². The van der Waals surface area contributed by atoms with Crippen LogP contribution in [-0.2, 0) is 11.2 Å².